The fourth-order valence-corrected chi connectivity index (χ4v) is 1.03. The molecule has 67 valence electrons. The van der Waals surface area contributed by atoms with Crippen molar-refractivity contribution in [3.8, 4) is 0 Å². The molecule has 11 heavy (non-hydrogen) atoms. The standard InChI is InChI=1S/C10H22N/c1-3-5-7-8-10-11-9-6-4-2/h3-10H2,1-2H3. The second-order valence-electron chi connectivity index (χ2n) is 3.09. The highest BCUT2D eigenvalue weighted by Gasteiger charge is 1.88. The van der Waals surface area contributed by atoms with Gasteiger partial charge in [-0.25, -0.2) is 5.32 Å². The summed E-state index contributed by atoms with van der Waals surface area (Å²) < 4.78 is 0. The highest BCUT2D eigenvalue weighted by molar-refractivity contribution is 4.47. The van der Waals surface area contributed by atoms with Gasteiger partial charge >= 0.3 is 0 Å². The van der Waals surface area contributed by atoms with Crippen molar-refractivity contribution < 1.29 is 0 Å². The minimum Gasteiger partial charge on any atom is -0.242 e. The van der Waals surface area contributed by atoms with E-state index in [9.17, 15) is 0 Å². The molecule has 0 aliphatic carbocycles. The zero-order valence-corrected chi connectivity index (χ0v) is 8.10. The molecule has 0 bridgehead atoms. The smallest absolute Gasteiger partial charge is 0.0133 e. The van der Waals surface area contributed by atoms with Crippen LogP contribution in [0.3, 0.4) is 0 Å². The third-order valence-corrected chi connectivity index (χ3v) is 1.84. The molecule has 0 unspecified atom stereocenters. The van der Waals surface area contributed by atoms with Gasteiger partial charge < -0.3 is 0 Å². The number of rotatable bonds is 8. The van der Waals surface area contributed by atoms with Crippen LogP contribution in [-0.4, -0.2) is 13.1 Å². The zero-order chi connectivity index (χ0) is 8.36. The van der Waals surface area contributed by atoms with Crippen LogP contribution in [0.25, 0.3) is 0 Å². The molecule has 1 radical (unpaired) electrons. The molecule has 0 fully saturated rings. The Morgan fingerprint density at radius 3 is 2.00 bits per heavy atom. The first-order valence-electron chi connectivity index (χ1n) is 5.05. The molecule has 0 aromatic heterocycles. The van der Waals surface area contributed by atoms with Crippen molar-refractivity contribution in [2.24, 2.45) is 0 Å². The van der Waals surface area contributed by atoms with Crippen LogP contribution in [0.4, 0.5) is 0 Å². The van der Waals surface area contributed by atoms with E-state index in [1.807, 2.05) is 0 Å². The van der Waals surface area contributed by atoms with Crippen LogP contribution in [0.2, 0.25) is 0 Å². The summed E-state index contributed by atoms with van der Waals surface area (Å²) in [5.41, 5.74) is 0. The third kappa shape index (κ3) is 9.96. The van der Waals surface area contributed by atoms with Crippen molar-refractivity contribution in [2.75, 3.05) is 13.1 Å². The normalized spacial score (nSPS) is 10.4. The molecule has 1 heteroatoms. The monoisotopic (exact) mass is 156 g/mol. The average molecular weight is 156 g/mol. The van der Waals surface area contributed by atoms with E-state index < -0.39 is 0 Å². The van der Waals surface area contributed by atoms with Crippen molar-refractivity contribution in [3.05, 3.63) is 0 Å². The van der Waals surface area contributed by atoms with Gasteiger partial charge in [-0.1, -0.05) is 39.5 Å². The summed E-state index contributed by atoms with van der Waals surface area (Å²) in [6.45, 7) is 6.64. The Morgan fingerprint density at radius 1 is 0.727 bits per heavy atom. The quantitative estimate of drug-likeness (QED) is 0.480. The van der Waals surface area contributed by atoms with Crippen LogP contribution in [0.15, 0.2) is 0 Å². The first kappa shape index (κ1) is 11.0. The van der Waals surface area contributed by atoms with E-state index >= 15 is 0 Å². The lowest BCUT2D eigenvalue weighted by molar-refractivity contribution is 0.574. The summed E-state index contributed by atoms with van der Waals surface area (Å²) >= 11 is 0. The van der Waals surface area contributed by atoms with Gasteiger partial charge in [0, 0.05) is 13.1 Å². The number of unbranched alkanes of at least 4 members (excludes halogenated alkanes) is 4. The van der Waals surface area contributed by atoms with Gasteiger partial charge in [-0.2, -0.15) is 0 Å². The third-order valence-electron chi connectivity index (χ3n) is 1.84. The lowest BCUT2D eigenvalue weighted by Gasteiger charge is -1.99. The van der Waals surface area contributed by atoms with E-state index in [0.29, 0.717) is 0 Å². The molecule has 0 N–H and O–H groups in total. The molecule has 0 aromatic carbocycles. The minimum absolute atomic E-state index is 1.09. The molecule has 0 amide bonds. The Balaban J connectivity index is 2.69. The molecule has 0 aromatic rings. The average Bonchev–Trinajstić information content (AvgIpc) is 2.03. The number of hydrogen-bond donors (Lipinski definition) is 0. The molecular weight excluding hydrogens is 134 g/mol. The van der Waals surface area contributed by atoms with Crippen molar-refractivity contribution in [1.82, 2.24) is 5.32 Å². The van der Waals surface area contributed by atoms with Crippen LogP contribution in [0.5, 0.6) is 0 Å². The van der Waals surface area contributed by atoms with Gasteiger partial charge in [-0.15, -0.1) is 0 Å². The Kier molecular flexibility index (Phi) is 9.92. The summed E-state index contributed by atoms with van der Waals surface area (Å²) in [6, 6.07) is 0. The molecule has 0 atom stereocenters. The van der Waals surface area contributed by atoms with Gasteiger partial charge in [0.2, 0.25) is 0 Å². The maximum Gasteiger partial charge on any atom is 0.0133 e. The van der Waals surface area contributed by atoms with E-state index in [0.717, 1.165) is 13.1 Å². The van der Waals surface area contributed by atoms with Crippen LogP contribution >= 0.6 is 0 Å². The summed E-state index contributed by atoms with van der Waals surface area (Å²) in [7, 11) is 0. The largest absolute Gasteiger partial charge is 0.242 e. The molecule has 1 nitrogen and oxygen atoms in total. The summed E-state index contributed by atoms with van der Waals surface area (Å²) in [5, 5.41) is 4.43. The Labute approximate surface area is 71.6 Å². The van der Waals surface area contributed by atoms with Crippen LogP contribution < -0.4 is 5.32 Å². The molecule has 0 heterocycles. The van der Waals surface area contributed by atoms with Crippen LogP contribution in [-0.2, 0) is 0 Å². The van der Waals surface area contributed by atoms with Gasteiger partial charge in [-0.05, 0) is 12.8 Å². The first-order chi connectivity index (χ1) is 5.41. The van der Waals surface area contributed by atoms with Gasteiger partial charge in [0.25, 0.3) is 0 Å². The predicted octanol–water partition coefficient (Wildman–Crippen LogP) is 2.97. The summed E-state index contributed by atoms with van der Waals surface area (Å²) in [6.07, 6.45) is 7.92. The second kappa shape index (κ2) is 9.96. The topological polar surface area (TPSA) is 14.1 Å². The Hall–Kier alpha value is -0.0400. The predicted molar refractivity (Wildman–Crippen MR) is 50.9 cm³/mol. The molecule has 0 rings (SSSR count). The molecule has 0 spiro atoms. The second-order valence-corrected chi connectivity index (χ2v) is 3.09. The summed E-state index contributed by atoms with van der Waals surface area (Å²) in [4.78, 5) is 0. The highest BCUT2D eigenvalue weighted by Crippen LogP contribution is 1.97. The maximum atomic E-state index is 4.43. The summed E-state index contributed by atoms with van der Waals surface area (Å²) in [5.74, 6) is 0. The lowest BCUT2D eigenvalue weighted by atomic mass is 10.2. The van der Waals surface area contributed by atoms with Gasteiger partial charge in [0.15, 0.2) is 0 Å². The fourth-order valence-electron chi connectivity index (χ4n) is 1.03. The van der Waals surface area contributed by atoms with Crippen LogP contribution in [0.1, 0.15) is 52.4 Å². The highest BCUT2D eigenvalue weighted by atomic mass is 14.8. The van der Waals surface area contributed by atoms with E-state index in [1.165, 1.54) is 38.5 Å². The van der Waals surface area contributed by atoms with Crippen LogP contribution in [0, 0.1) is 0 Å². The minimum atomic E-state index is 1.09. The molecule has 0 saturated carbocycles. The van der Waals surface area contributed by atoms with Crippen molar-refractivity contribution in [1.29, 1.82) is 0 Å². The number of hydrogen-bond acceptors (Lipinski definition) is 0. The number of nitrogens with zero attached hydrogens (tertiary/aromatic N) is 1. The molecule has 0 aliphatic heterocycles. The van der Waals surface area contributed by atoms with Gasteiger partial charge in [-0.3, -0.25) is 0 Å². The van der Waals surface area contributed by atoms with Gasteiger partial charge in [0.05, 0.1) is 0 Å². The Morgan fingerprint density at radius 2 is 1.36 bits per heavy atom. The van der Waals surface area contributed by atoms with E-state index in [1.54, 1.807) is 0 Å². The Bertz CT molecular complexity index is 53.9. The van der Waals surface area contributed by atoms with Crippen molar-refractivity contribution >= 4 is 0 Å². The first-order valence-corrected chi connectivity index (χ1v) is 5.05. The molecule has 0 saturated heterocycles. The fraction of sp³-hybridized carbons (Fsp3) is 1.00. The van der Waals surface area contributed by atoms with Gasteiger partial charge in [0.1, 0.15) is 0 Å². The van der Waals surface area contributed by atoms with E-state index in [2.05, 4.69) is 19.2 Å². The molecular formula is C10H22N. The zero-order valence-electron chi connectivity index (χ0n) is 8.10. The molecule has 0 aliphatic rings. The SMILES string of the molecule is CCCCCC[N]CCCC. The van der Waals surface area contributed by atoms with E-state index in [-0.39, 0.29) is 0 Å². The van der Waals surface area contributed by atoms with Crippen molar-refractivity contribution in [2.45, 2.75) is 52.4 Å². The van der Waals surface area contributed by atoms with Crippen molar-refractivity contribution in [3.63, 3.8) is 0 Å². The maximum absolute atomic E-state index is 4.43. The van der Waals surface area contributed by atoms with E-state index in [4.69, 9.17) is 0 Å². The lowest BCUT2D eigenvalue weighted by Crippen LogP contribution is -2.07.